The molecule has 0 aromatic rings. The molecule has 0 saturated carbocycles. The van der Waals surface area contributed by atoms with Crippen LogP contribution in [0.1, 0.15) is 39.5 Å². The summed E-state index contributed by atoms with van der Waals surface area (Å²) in [6.45, 7) is 3.82. The predicted molar refractivity (Wildman–Crippen MR) is 62.3 cm³/mol. The molecule has 1 N–H and O–H groups in total. The van der Waals surface area contributed by atoms with Gasteiger partial charge in [0.15, 0.2) is 0 Å². The molecule has 0 aromatic carbocycles. The smallest absolute Gasteiger partial charge is 0.411 e. The molecule has 0 aliphatic rings. The second-order valence-corrected chi connectivity index (χ2v) is 5.39. The first-order valence-corrected chi connectivity index (χ1v) is 7.30. The Kier molecular flexibility index (Phi) is 7.83. The fraction of sp³-hybridized carbons (Fsp3) is 0.800. The Morgan fingerprint density at radius 3 is 1.65 bits per heavy atom. The van der Waals surface area contributed by atoms with Crippen LogP contribution >= 0.6 is 7.37 Å². The summed E-state index contributed by atoms with van der Waals surface area (Å²) in [5.74, 6) is 0. The molecule has 0 bridgehead atoms. The standard InChI is InChI=1S/C10H19O6P/c1-3-5-7-15-9(11)17(13,14)10(12)16-8-6-4-2/h3-8H2,1-2H3,(H,13,14). The van der Waals surface area contributed by atoms with Crippen LogP contribution in [0.5, 0.6) is 0 Å². The Labute approximate surface area is 101 Å². The lowest BCUT2D eigenvalue weighted by molar-refractivity contribution is 0.156. The SMILES string of the molecule is CCCCOC(=O)P(=O)(O)C(=O)OCCCC. The average molecular weight is 266 g/mol. The maximum absolute atomic E-state index is 11.4. The lowest BCUT2D eigenvalue weighted by Crippen LogP contribution is -2.13. The third-order valence-corrected chi connectivity index (χ3v) is 3.19. The first-order valence-electron chi connectivity index (χ1n) is 5.64. The molecular formula is C10H19O6P. The van der Waals surface area contributed by atoms with Gasteiger partial charge in [-0.15, -0.1) is 0 Å². The van der Waals surface area contributed by atoms with Crippen molar-refractivity contribution >= 4 is 18.8 Å². The first-order chi connectivity index (χ1) is 7.96. The van der Waals surface area contributed by atoms with E-state index in [0.29, 0.717) is 12.8 Å². The van der Waals surface area contributed by atoms with Gasteiger partial charge in [0.2, 0.25) is 0 Å². The number of carbonyl (C=O) groups is 2. The number of hydrogen-bond acceptors (Lipinski definition) is 5. The minimum absolute atomic E-state index is 0.0299. The molecule has 0 fully saturated rings. The van der Waals surface area contributed by atoms with Gasteiger partial charge in [0.05, 0.1) is 13.2 Å². The molecule has 100 valence electrons. The number of carbonyl (C=O) groups excluding carboxylic acids is 2. The first kappa shape index (κ1) is 16.1. The van der Waals surface area contributed by atoms with E-state index in [4.69, 9.17) is 0 Å². The third-order valence-electron chi connectivity index (χ3n) is 1.94. The van der Waals surface area contributed by atoms with E-state index in [0.717, 1.165) is 12.8 Å². The third kappa shape index (κ3) is 5.84. The van der Waals surface area contributed by atoms with E-state index in [1.165, 1.54) is 0 Å². The summed E-state index contributed by atoms with van der Waals surface area (Å²) in [4.78, 5) is 31.6. The number of ether oxygens (including phenoxy) is 2. The summed E-state index contributed by atoms with van der Waals surface area (Å²) in [6.07, 6.45) is 2.72. The second kappa shape index (κ2) is 8.25. The summed E-state index contributed by atoms with van der Waals surface area (Å²) < 4.78 is 20.5. The van der Waals surface area contributed by atoms with Crippen LogP contribution < -0.4 is 0 Å². The molecule has 0 saturated heterocycles. The molecule has 0 radical (unpaired) electrons. The Morgan fingerprint density at radius 1 is 1.00 bits per heavy atom. The van der Waals surface area contributed by atoms with Gasteiger partial charge in [-0.05, 0) is 12.8 Å². The van der Waals surface area contributed by atoms with E-state index in [-0.39, 0.29) is 13.2 Å². The van der Waals surface area contributed by atoms with Crippen molar-refractivity contribution in [2.75, 3.05) is 13.2 Å². The Balaban J connectivity index is 4.19. The number of hydrogen-bond donors (Lipinski definition) is 1. The highest BCUT2D eigenvalue weighted by molar-refractivity contribution is 7.88. The Bertz CT molecular complexity index is 275. The van der Waals surface area contributed by atoms with Crippen molar-refractivity contribution in [2.24, 2.45) is 0 Å². The highest BCUT2D eigenvalue weighted by atomic mass is 31.2. The molecule has 0 heterocycles. The van der Waals surface area contributed by atoms with Crippen molar-refractivity contribution in [2.45, 2.75) is 39.5 Å². The van der Waals surface area contributed by atoms with Gasteiger partial charge in [-0.2, -0.15) is 0 Å². The fourth-order valence-electron chi connectivity index (χ4n) is 0.857. The monoisotopic (exact) mass is 266 g/mol. The molecule has 7 heteroatoms. The van der Waals surface area contributed by atoms with Gasteiger partial charge in [-0.25, -0.2) is 9.59 Å². The van der Waals surface area contributed by atoms with Crippen LogP contribution in [-0.4, -0.2) is 29.5 Å². The van der Waals surface area contributed by atoms with Crippen LogP contribution in [0.2, 0.25) is 0 Å². The summed E-state index contributed by atoms with van der Waals surface area (Å²) >= 11 is 0. The van der Waals surface area contributed by atoms with Crippen molar-refractivity contribution in [1.82, 2.24) is 0 Å². The van der Waals surface area contributed by atoms with Crippen molar-refractivity contribution in [1.29, 1.82) is 0 Å². The fourth-order valence-corrected chi connectivity index (χ4v) is 1.54. The number of rotatable bonds is 8. The topological polar surface area (TPSA) is 89.9 Å². The van der Waals surface area contributed by atoms with E-state index in [2.05, 4.69) is 9.47 Å². The molecule has 17 heavy (non-hydrogen) atoms. The van der Waals surface area contributed by atoms with Crippen LogP contribution in [0.25, 0.3) is 0 Å². The molecule has 0 amide bonds. The summed E-state index contributed by atoms with van der Waals surface area (Å²) in [5, 5.41) is 0. The number of unbranched alkanes of at least 4 members (excludes halogenated alkanes) is 2. The van der Waals surface area contributed by atoms with Gasteiger partial charge in [0.1, 0.15) is 0 Å². The zero-order valence-corrected chi connectivity index (χ0v) is 11.1. The van der Waals surface area contributed by atoms with Crippen molar-refractivity contribution in [3.05, 3.63) is 0 Å². The average Bonchev–Trinajstić information content (AvgIpc) is 2.29. The highest BCUT2D eigenvalue weighted by Gasteiger charge is 2.41. The van der Waals surface area contributed by atoms with Crippen molar-refractivity contribution in [3.8, 4) is 0 Å². The quantitative estimate of drug-likeness (QED) is 0.536. The summed E-state index contributed by atoms with van der Waals surface area (Å²) in [5.41, 5.74) is -2.79. The molecule has 0 unspecified atom stereocenters. The van der Waals surface area contributed by atoms with Crippen LogP contribution in [-0.2, 0) is 14.0 Å². The van der Waals surface area contributed by atoms with Gasteiger partial charge in [-0.1, -0.05) is 26.7 Å². The van der Waals surface area contributed by atoms with Crippen molar-refractivity contribution < 1.29 is 28.5 Å². The molecule has 0 aliphatic heterocycles. The van der Waals surface area contributed by atoms with Gasteiger partial charge in [-0.3, -0.25) is 4.57 Å². The van der Waals surface area contributed by atoms with E-state index >= 15 is 0 Å². The zero-order valence-electron chi connectivity index (χ0n) is 10.2. The van der Waals surface area contributed by atoms with Crippen LogP contribution in [0.4, 0.5) is 9.59 Å². The molecule has 0 aromatic heterocycles. The lowest BCUT2D eigenvalue weighted by atomic mass is 10.4. The van der Waals surface area contributed by atoms with Crippen molar-refractivity contribution in [3.63, 3.8) is 0 Å². The maximum Gasteiger partial charge on any atom is 0.411 e. The van der Waals surface area contributed by atoms with Gasteiger partial charge >= 0.3 is 18.8 Å². The Hall–Kier alpha value is -0.870. The maximum atomic E-state index is 11.4. The molecule has 0 aliphatic carbocycles. The van der Waals surface area contributed by atoms with Crippen LogP contribution in [0.3, 0.4) is 0 Å². The van der Waals surface area contributed by atoms with E-state index < -0.39 is 18.8 Å². The largest absolute Gasteiger partial charge is 0.458 e. The lowest BCUT2D eigenvalue weighted by Gasteiger charge is -2.10. The second-order valence-electron chi connectivity index (χ2n) is 3.51. The van der Waals surface area contributed by atoms with E-state index in [1.54, 1.807) is 0 Å². The highest BCUT2D eigenvalue weighted by Crippen LogP contribution is 2.44. The van der Waals surface area contributed by atoms with Crippen LogP contribution in [0.15, 0.2) is 0 Å². The Morgan fingerprint density at radius 2 is 1.35 bits per heavy atom. The molecule has 0 atom stereocenters. The van der Waals surface area contributed by atoms with Gasteiger partial charge in [0, 0.05) is 0 Å². The normalized spacial score (nSPS) is 11.0. The molecule has 0 rings (SSSR count). The molecule has 6 nitrogen and oxygen atoms in total. The zero-order chi connectivity index (χ0) is 13.3. The summed E-state index contributed by atoms with van der Waals surface area (Å²) in [7, 11) is -4.68. The molecule has 0 spiro atoms. The van der Waals surface area contributed by atoms with E-state index in [1.807, 2.05) is 13.8 Å². The minimum atomic E-state index is -4.68. The molecular weight excluding hydrogens is 247 g/mol. The summed E-state index contributed by atoms with van der Waals surface area (Å²) in [6, 6.07) is 0. The predicted octanol–water partition coefficient (Wildman–Crippen LogP) is 3.13. The minimum Gasteiger partial charge on any atom is -0.458 e. The van der Waals surface area contributed by atoms with E-state index in [9.17, 15) is 19.0 Å². The van der Waals surface area contributed by atoms with Gasteiger partial charge in [0.25, 0.3) is 0 Å². The van der Waals surface area contributed by atoms with Crippen LogP contribution in [0, 0.1) is 0 Å². The van der Waals surface area contributed by atoms with Gasteiger partial charge < -0.3 is 14.4 Å².